The standard InChI is InChI=1S/C19H17NO5/c1-24-16-9-13-8-14(12-6-4-3-5-7-12)19(23)20(11-18(21)22)15(13)10-17(16)25-2/h3-10H,11H2,1-2H3,(H,21,22). The van der Waals surface area contributed by atoms with Gasteiger partial charge < -0.3 is 14.6 Å². The lowest BCUT2D eigenvalue weighted by molar-refractivity contribution is -0.137. The van der Waals surface area contributed by atoms with Gasteiger partial charge in [0, 0.05) is 17.0 Å². The zero-order valence-corrected chi connectivity index (χ0v) is 13.9. The number of fused-ring (bicyclic) bond motifs is 1. The molecule has 128 valence electrons. The van der Waals surface area contributed by atoms with E-state index < -0.39 is 12.5 Å². The van der Waals surface area contributed by atoms with E-state index in [2.05, 4.69) is 0 Å². The molecule has 0 unspecified atom stereocenters. The molecule has 1 aromatic heterocycles. The van der Waals surface area contributed by atoms with Crippen LogP contribution in [0.25, 0.3) is 22.0 Å². The number of pyridine rings is 1. The lowest BCUT2D eigenvalue weighted by Gasteiger charge is -2.15. The number of carboxylic acid groups (broad SMARTS) is 1. The Bertz CT molecular complexity index is 992. The van der Waals surface area contributed by atoms with Crippen molar-refractivity contribution in [3.63, 3.8) is 0 Å². The maximum Gasteiger partial charge on any atom is 0.323 e. The number of nitrogens with zero attached hydrogens (tertiary/aromatic N) is 1. The molecule has 0 saturated carbocycles. The number of aliphatic carboxylic acids is 1. The SMILES string of the molecule is COc1cc2cc(-c3ccccc3)c(=O)n(CC(=O)O)c2cc1OC. The summed E-state index contributed by atoms with van der Waals surface area (Å²) in [4.78, 5) is 24.2. The van der Waals surface area contributed by atoms with Crippen LogP contribution in [0.4, 0.5) is 0 Å². The van der Waals surface area contributed by atoms with Crippen molar-refractivity contribution in [3.05, 3.63) is 58.9 Å². The van der Waals surface area contributed by atoms with Crippen molar-refractivity contribution in [1.29, 1.82) is 0 Å². The molecule has 0 aliphatic carbocycles. The first kappa shape index (κ1) is 16.6. The number of ether oxygens (including phenoxy) is 2. The summed E-state index contributed by atoms with van der Waals surface area (Å²) < 4.78 is 11.8. The summed E-state index contributed by atoms with van der Waals surface area (Å²) in [6.07, 6.45) is 0. The highest BCUT2D eigenvalue weighted by Crippen LogP contribution is 2.33. The maximum absolute atomic E-state index is 12.9. The largest absolute Gasteiger partial charge is 0.493 e. The zero-order chi connectivity index (χ0) is 18.0. The summed E-state index contributed by atoms with van der Waals surface area (Å²) in [5, 5.41) is 9.92. The van der Waals surface area contributed by atoms with E-state index in [9.17, 15) is 14.7 Å². The lowest BCUT2D eigenvalue weighted by Crippen LogP contribution is -2.25. The number of carbonyl (C=O) groups is 1. The van der Waals surface area contributed by atoms with Crippen LogP contribution in [0.1, 0.15) is 0 Å². The Kier molecular flexibility index (Phi) is 4.43. The highest BCUT2D eigenvalue weighted by Gasteiger charge is 2.16. The summed E-state index contributed by atoms with van der Waals surface area (Å²) in [6.45, 7) is -0.439. The van der Waals surface area contributed by atoms with E-state index in [0.29, 0.717) is 28.0 Å². The van der Waals surface area contributed by atoms with E-state index in [-0.39, 0.29) is 5.56 Å². The van der Waals surface area contributed by atoms with Gasteiger partial charge in [0.25, 0.3) is 5.56 Å². The van der Waals surface area contributed by atoms with Crippen LogP contribution < -0.4 is 15.0 Å². The minimum atomic E-state index is -1.09. The molecule has 3 aromatic rings. The second-order valence-corrected chi connectivity index (χ2v) is 5.48. The molecule has 0 aliphatic heterocycles. The molecule has 3 rings (SSSR count). The first-order valence-electron chi connectivity index (χ1n) is 7.62. The Hall–Kier alpha value is -3.28. The molecule has 0 atom stereocenters. The molecular weight excluding hydrogens is 322 g/mol. The summed E-state index contributed by atoms with van der Waals surface area (Å²) in [5.74, 6) is -0.154. The Morgan fingerprint density at radius 1 is 1.04 bits per heavy atom. The molecule has 6 nitrogen and oxygen atoms in total. The van der Waals surface area contributed by atoms with Gasteiger partial charge in [-0.15, -0.1) is 0 Å². The van der Waals surface area contributed by atoms with Crippen LogP contribution in [0.2, 0.25) is 0 Å². The molecule has 0 aliphatic rings. The van der Waals surface area contributed by atoms with Crippen LogP contribution in [-0.4, -0.2) is 29.9 Å². The van der Waals surface area contributed by atoms with Crippen molar-refractivity contribution in [3.8, 4) is 22.6 Å². The molecule has 0 bridgehead atoms. The quantitative estimate of drug-likeness (QED) is 0.773. The fourth-order valence-corrected chi connectivity index (χ4v) is 2.82. The van der Waals surface area contributed by atoms with Crippen LogP contribution >= 0.6 is 0 Å². The predicted octanol–water partition coefficient (Wildman–Crippen LogP) is 2.77. The fourth-order valence-electron chi connectivity index (χ4n) is 2.82. The monoisotopic (exact) mass is 339 g/mol. The third-order valence-electron chi connectivity index (χ3n) is 3.98. The van der Waals surface area contributed by atoms with Gasteiger partial charge in [0.05, 0.1) is 19.7 Å². The van der Waals surface area contributed by atoms with Crippen molar-refractivity contribution < 1.29 is 19.4 Å². The third-order valence-corrected chi connectivity index (χ3v) is 3.98. The highest BCUT2D eigenvalue weighted by atomic mass is 16.5. The van der Waals surface area contributed by atoms with E-state index in [1.54, 1.807) is 18.2 Å². The van der Waals surface area contributed by atoms with Gasteiger partial charge in [-0.05, 0) is 17.7 Å². The molecule has 0 amide bonds. The third kappa shape index (κ3) is 3.06. The maximum atomic E-state index is 12.9. The normalized spacial score (nSPS) is 10.6. The number of hydrogen-bond donors (Lipinski definition) is 1. The topological polar surface area (TPSA) is 77.8 Å². The first-order chi connectivity index (χ1) is 12.0. The van der Waals surface area contributed by atoms with Gasteiger partial charge in [0.1, 0.15) is 6.54 Å². The molecular formula is C19H17NO5. The van der Waals surface area contributed by atoms with E-state index in [1.807, 2.05) is 30.3 Å². The molecule has 2 aromatic carbocycles. The fraction of sp³-hybridized carbons (Fsp3) is 0.158. The molecule has 0 fully saturated rings. The summed E-state index contributed by atoms with van der Waals surface area (Å²) in [6, 6.07) is 14.2. The Morgan fingerprint density at radius 3 is 2.28 bits per heavy atom. The van der Waals surface area contributed by atoms with Gasteiger partial charge in [-0.1, -0.05) is 30.3 Å². The number of rotatable bonds is 5. The molecule has 25 heavy (non-hydrogen) atoms. The Balaban J connectivity index is 2.38. The molecule has 6 heteroatoms. The minimum Gasteiger partial charge on any atom is -0.493 e. The van der Waals surface area contributed by atoms with Crippen molar-refractivity contribution >= 4 is 16.9 Å². The zero-order valence-electron chi connectivity index (χ0n) is 13.9. The van der Waals surface area contributed by atoms with Crippen molar-refractivity contribution in [1.82, 2.24) is 4.57 Å². The van der Waals surface area contributed by atoms with Crippen LogP contribution in [0.5, 0.6) is 11.5 Å². The van der Waals surface area contributed by atoms with Crippen molar-refractivity contribution in [2.24, 2.45) is 0 Å². The lowest BCUT2D eigenvalue weighted by atomic mass is 10.0. The Labute approximate surface area is 143 Å². The number of methoxy groups -OCH3 is 2. The number of benzene rings is 2. The van der Waals surface area contributed by atoms with Crippen LogP contribution in [0, 0.1) is 0 Å². The predicted molar refractivity (Wildman–Crippen MR) is 94.4 cm³/mol. The number of aromatic nitrogens is 1. The van der Waals surface area contributed by atoms with Gasteiger partial charge in [0.15, 0.2) is 11.5 Å². The summed E-state index contributed by atoms with van der Waals surface area (Å²) >= 11 is 0. The smallest absolute Gasteiger partial charge is 0.323 e. The van der Waals surface area contributed by atoms with E-state index >= 15 is 0 Å². The number of hydrogen-bond acceptors (Lipinski definition) is 4. The van der Waals surface area contributed by atoms with E-state index in [4.69, 9.17) is 9.47 Å². The average molecular weight is 339 g/mol. The second kappa shape index (κ2) is 6.68. The average Bonchev–Trinajstić information content (AvgIpc) is 2.63. The molecule has 1 heterocycles. The van der Waals surface area contributed by atoms with Gasteiger partial charge in [-0.3, -0.25) is 14.2 Å². The first-order valence-corrected chi connectivity index (χ1v) is 7.62. The van der Waals surface area contributed by atoms with Gasteiger partial charge in [-0.2, -0.15) is 0 Å². The van der Waals surface area contributed by atoms with Crippen molar-refractivity contribution in [2.75, 3.05) is 14.2 Å². The van der Waals surface area contributed by atoms with Gasteiger partial charge in [-0.25, -0.2) is 0 Å². The van der Waals surface area contributed by atoms with E-state index in [0.717, 1.165) is 5.56 Å². The van der Waals surface area contributed by atoms with Gasteiger partial charge in [0.2, 0.25) is 0 Å². The summed E-state index contributed by atoms with van der Waals surface area (Å²) in [7, 11) is 3.01. The van der Waals surface area contributed by atoms with Crippen molar-refractivity contribution in [2.45, 2.75) is 6.54 Å². The minimum absolute atomic E-state index is 0.367. The van der Waals surface area contributed by atoms with E-state index in [1.165, 1.54) is 18.8 Å². The van der Waals surface area contributed by atoms with Crippen LogP contribution in [-0.2, 0) is 11.3 Å². The Morgan fingerprint density at radius 2 is 1.68 bits per heavy atom. The molecule has 0 saturated heterocycles. The summed E-state index contributed by atoms with van der Waals surface area (Å²) in [5.41, 5.74) is 1.27. The molecule has 0 radical (unpaired) electrons. The van der Waals surface area contributed by atoms with Crippen LogP contribution in [0.3, 0.4) is 0 Å². The number of carboxylic acids is 1. The molecule has 1 N–H and O–H groups in total. The molecule has 0 spiro atoms. The van der Waals surface area contributed by atoms with Gasteiger partial charge >= 0.3 is 5.97 Å². The highest BCUT2D eigenvalue weighted by molar-refractivity contribution is 5.88. The van der Waals surface area contributed by atoms with Crippen LogP contribution in [0.15, 0.2) is 53.3 Å². The second-order valence-electron chi connectivity index (χ2n) is 5.48.